The molecule has 0 bridgehead atoms. The molecule has 1 heterocycles. The average molecular weight is 371 g/mol. The van der Waals surface area contributed by atoms with E-state index in [1.54, 1.807) is 24.4 Å². The van der Waals surface area contributed by atoms with E-state index in [0.29, 0.717) is 15.9 Å². The summed E-state index contributed by atoms with van der Waals surface area (Å²) in [5, 5.41) is 13.8. The van der Waals surface area contributed by atoms with Gasteiger partial charge in [-0.1, -0.05) is 22.0 Å². The van der Waals surface area contributed by atoms with Gasteiger partial charge in [0.2, 0.25) is 0 Å². The van der Waals surface area contributed by atoms with Crippen molar-refractivity contribution in [3.63, 3.8) is 0 Å². The summed E-state index contributed by atoms with van der Waals surface area (Å²) in [5.74, 6) is 0.784. The Morgan fingerprint density at radius 2 is 2.11 bits per heavy atom. The van der Waals surface area contributed by atoms with Crippen molar-refractivity contribution < 1.29 is 5.11 Å². The van der Waals surface area contributed by atoms with Crippen molar-refractivity contribution in [3.05, 3.63) is 51.0 Å². The molecule has 1 aromatic heterocycles. The maximum Gasteiger partial charge on any atom is 0.146 e. The molecule has 0 radical (unpaired) electrons. The van der Waals surface area contributed by atoms with Crippen LogP contribution in [-0.2, 0) is 0 Å². The van der Waals surface area contributed by atoms with Crippen molar-refractivity contribution in [1.82, 2.24) is 4.98 Å². The van der Waals surface area contributed by atoms with Crippen LogP contribution in [-0.4, -0.2) is 16.3 Å². The van der Waals surface area contributed by atoms with Gasteiger partial charge in [-0.25, -0.2) is 4.98 Å². The molecule has 0 saturated carbocycles. The number of rotatable bonds is 3. The van der Waals surface area contributed by atoms with Gasteiger partial charge >= 0.3 is 0 Å². The predicted octanol–water partition coefficient (Wildman–Crippen LogP) is 3.76. The lowest BCUT2D eigenvalue weighted by Crippen LogP contribution is -1.93. The second kappa shape index (κ2) is 5.97. The van der Waals surface area contributed by atoms with Crippen LogP contribution in [0.2, 0.25) is 0 Å². The first-order valence-corrected chi connectivity index (χ1v) is 6.63. The number of phenols is 1. The fourth-order valence-electron chi connectivity index (χ4n) is 1.28. The molecule has 0 fully saturated rings. The quantitative estimate of drug-likeness (QED) is 0.638. The lowest BCUT2D eigenvalue weighted by Gasteiger charge is -2.03. The van der Waals surface area contributed by atoms with Gasteiger partial charge in [0.05, 0.1) is 10.7 Å². The van der Waals surface area contributed by atoms with Gasteiger partial charge < -0.3 is 5.11 Å². The van der Waals surface area contributed by atoms with E-state index in [0.717, 1.165) is 4.47 Å². The highest BCUT2D eigenvalue weighted by Gasteiger charge is 2.04. The monoisotopic (exact) mass is 369 g/mol. The van der Waals surface area contributed by atoms with E-state index in [4.69, 9.17) is 0 Å². The van der Waals surface area contributed by atoms with Gasteiger partial charge in [0.15, 0.2) is 0 Å². The molecule has 0 atom stereocenters. The number of aromatic hydroxyl groups is 1. The van der Waals surface area contributed by atoms with Crippen LogP contribution in [0.4, 0.5) is 5.82 Å². The van der Waals surface area contributed by atoms with Crippen molar-refractivity contribution in [2.75, 3.05) is 5.43 Å². The SMILES string of the molecule is Oc1c(Br)cc(Br)cc1/C=N\Nc1ccccn1. The Hall–Kier alpha value is -1.40. The second-order valence-electron chi connectivity index (χ2n) is 3.41. The molecule has 2 aromatic rings. The number of hydrogen-bond donors (Lipinski definition) is 2. The van der Waals surface area contributed by atoms with Crippen LogP contribution in [0.5, 0.6) is 5.75 Å². The van der Waals surface area contributed by atoms with Crippen LogP contribution in [0.1, 0.15) is 5.56 Å². The Bertz CT molecular complexity index is 573. The summed E-state index contributed by atoms with van der Waals surface area (Å²) >= 11 is 6.61. The van der Waals surface area contributed by atoms with Gasteiger partial charge in [-0.15, -0.1) is 0 Å². The molecule has 0 saturated heterocycles. The highest BCUT2D eigenvalue weighted by Crippen LogP contribution is 2.30. The third-order valence-electron chi connectivity index (χ3n) is 2.11. The topological polar surface area (TPSA) is 57.5 Å². The van der Waals surface area contributed by atoms with Crippen LogP contribution >= 0.6 is 31.9 Å². The Labute approximate surface area is 121 Å². The number of benzene rings is 1. The van der Waals surface area contributed by atoms with E-state index in [2.05, 4.69) is 47.4 Å². The molecule has 0 aliphatic heterocycles. The number of nitrogens with zero attached hydrogens (tertiary/aromatic N) is 2. The molecular formula is C12H9Br2N3O. The molecule has 0 aliphatic rings. The zero-order valence-electron chi connectivity index (χ0n) is 9.14. The van der Waals surface area contributed by atoms with Crippen molar-refractivity contribution in [1.29, 1.82) is 0 Å². The van der Waals surface area contributed by atoms with Crippen LogP contribution in [0.25, 0.3) is 0 Å². The third kappa shape index (κ3) is 3.30. The zero-order chi connectivity index (χ0) is 13.0. The largest absolute Gasteiger partial charge is 0.506 e. The number of hydrogen-bond acceptors (Lipinski definition) is 4. The summed E-state index contributed by atoms with van der Waals surface area (Å²) in [6.45, 7) is 0. The molecule has 6 heteroatoms. The van der Waals surface area contributed by atoms with E-state index < -0.39 is 0 Å². The zero-order valence-corrected chi connectivity index (χ0v) is 12.3. The van der Waals surface area contributed by atoms with Crippen LogP contribution < -0.4 is 5.43 Å². The summed E-state index contributed by atoms with van der Waals surface area (Å²) in [7, 11) is 0. The number of anilines is 1. The molecule has 4 nitrogen and oxygen atoms in total. The average Bonchev–Trinajstić information content (AvgIpc) is 2.36. The van der Waals surface area contributed by atoms with Crippen LogP contribution in [0.3, 0.4) is 0 Å². The number of pyridine rings is 1. The smallest absolute Gasteiger partial charge is 0.146 e. The maximum atomic E-state index is 9.82. The molecule has 1 aromatic carbocycles. The Morgan fingerprint density at radius 3 is 2.83 bits per heavy atom. The minimum atomic E-state index is 0.143. The first-order chi connectivity index (χ1) is 8.66. The van der Waals surface area contributed by atoms with Gasteiger partial charge in [-0.2, -0.15) is 5.10 Å². The minimum absolute atomic E-state index is 0.143. The van der Waals surface area contributed by atoms with Crippen molar-refractivity contribution in [3.8, 4) is 5.75 Å². The number of phenolic OH excluding ortho intramolecular Hbond substituents is 1. The molecule has 18 heavy (non-hydrogen) atoms. The highest BCUT2D eigenvalue weighted by atomic mass is 79.9. The van der Waals surface area contributed by atoms with E-state index in [-0.39, 0.29) is 5.75 Å². The molecule has 0 unspecified atom stereocenters. The molecule has 0 aliphatic carbocycles. The third-order valence-corrected chi connectivity index (χ3v) is 3.17. The van der Waals surface area contributed by atoms with Gasteiger partial charge in [0.25, 0.3) is 0 Å². The molecule has 0 amide bonds. The number of aromatic nitrogens is 1. The minimum Gasteiger partial charge on any atom is -0.506 e. The van der Waals surface area contributed by atoms with Crippen molar-refractivity contribution in [2.45, 2.75) is 0 Å². The summed E-state index contributed by atoms with van der Waals surface area (Å²) in [5.41, 5.74) is 3.37. The Kier molecular flexibility index (Phi) is 4.33. The van der Waals surface area contributed by atoms with Gasteiger partial charge in [-0.3, -0.25) is 5.43 Å². The van der Waals surface area contributed by atoms with Gasteiger partial charge in [0.1, 0.15) is 11.6 Å². The summed E-state index contributed by atoms with van der Waals surface area (Å²) in [6, 6.07) is 9.01. The van der Waals surface area contributed by atoms with E-state index >= 15 is 0 Å². The number of nitrogens with one attached hydrogen (secondary N) is 1. The summed E-state index contributed by atoms with van der Waals surface area (Å²) in [4.78, 5) is 4.06. The van der Waals surface area contributed by atoms with E-state index in [1.165, 1.54) is 6.21 Å². The fourth-order valence-corrected chi connectivity index (χ4v) is 2.54. The fraction of sp³-hybridized carbons (Fsp3) is 0. The van der Waals surface area contributed by atoms with Crippen molar-refractivity contribution >= 4 is 43.9 Å². The lowest BCUT2D eigenvalue weighted by molar-refractivity contribution is 0.471. The molecule has 2 N–H and O–H groups in total. The molecule has 92 valence electrons. The molecule has 2 rings (SSSR count). The van der Waals surface area contributed by atoms with Gasteiger partial charge in [0, 0.05) is 16.2 Å². The number of hydrazone groups is 1. The molecular weight excluding hydrogens is 362 g/mol. The number of halogens is 2. The summed E-state index contributed by atoms with van der Waals surface area (Å²) in [6.07, 6.45) is 3.20. The summed E-state index contributed by atoms with van der Waals surface area (Å²) < 4.78 is 1.46. The normalized spacial score (nSPS) is 10.8. The first kappa shape index (κ1) is 13.0. The highest BCUT2D eigenvalue weighted by molar-refractivity contribution is 9.11. The van der Waals surface area contributed by atoms with Crippen LogP contribution in [0.15, 0.2) is 50.6 Å². The van der Waals surface area contributed by atoms with Crippen molar-refractivity contribution in [2.24, 2.45) is 5.10 Å². The van der Waals surface area contributed by atoms with Crippen LogP contribution in [0, 0.1) is 0 Å². The van der Waals surface area contributed by atoms with E-state index in [1.807, 2.05) is 12.1 Å². The second-order valence-corrected chi connectivity index (χ2v) is 5.18. The first-order valence-electron chi connectivity index (χ1n) is 5.05. The molecule has 0 spiro atoms. The Balaban J connectivity index is 2.15. The maximum absolute atomic E-state index is 9.82. The Morgan fingerprint density at radius 1 is 1.28 bits per heavy atom. The van der Waals surface area contributed by atoms with Gasteiger partial charge in [-0.05, 0) is 40.2 Å². The predicted molar refractivity (Wildman–Crippen MR) is 79.0 cm³/mol. The van der Waals surface area contributed by atoms with E-state index in [9.17, 15) is 5.11 Å². The lowest BCUT2D eigenvalue weighted by atomic mass is 10.2. The standard InChI is InChI=1S/C12H9Br2N3O/c13-9-5-8(12(18)10(14)6-9)7-16-17-11-3-1-2-4-15-11/h1-7,18H,(H,15,17)/b16-7-.